The highest BCUT2D eigenvalue weighted by atomic mass is 16.6. The summed E-state index contributed by atoms with van der Waals surface area (Å²) in [4.78, 5) is 82.0. The summed E-state index contributed by atoms with van der Waals surface area (Å²) in [7, 11) is 1.83. The Kier molecular flexibility index (Phi) is 32.0. The van der Waals surface area contributed by atoms with Gasteiger partial charge in [-0.1, -0.05) is 113 Å². The van der Waals surface area contributed by atoms with E-state index in [0.717, 1.165) is 69.9 Å². The molecule has 5 fully saturated rings. The largest absolute Gasteiger partial charge is 0.443 e. The van der Waals surface area contributed by atoms with E-state index in [9.17, 15) is 54.8 Å². The number of imide groups is 1. The number of likely N-dealkylation sites (N-methyl/N-ethyl adjacent to an activating group) is 1. The van der Waals surface area contributed by atoms with Crippen molar-refractivity contribution in [2.24, 2.45) is 5.92 Å². The first-order valence-electron chi connectivity index (χ1n) is 37.3. The van der Waals surface area contributed by atoms with Crippen LogP contribution in [0.1, 0.15) is 316 Å². The highest BCUT2D eigenvalue weighted by Crippen LogP contribution is 2.45. The Morgan fingerprint density at radius 3 is 1.31 bits per heavy atom. The third-order valence-corrected chi connectivity index (χ3v) is 25.1. The van der Waals surface area contributed by atoms with Gasteiger partial charge in [0, 0.05) is 81.4 Å². The maximum absolute atomic E-state index is 12.9. The van der Waals surface area contributed by atoms with Crippen molar-refractivity contribution >= 4 is 35.5 Å². The Morgan fingerprint density at radius 2 is 0.898 bits per heavy atom. The van der Waals surface area contributed by atoms with Crippen LogP contribution >= 0.6 is 0 Å². The third-order valence-electron chi connectivity index (χ3n) is 25.1. The van der Waals surface area contributed by atoms with Crippen molar-refractivity contribution in [2.45, 2.75) is 402 Å². The van der Waals surface area contributed by atoms with Crippen molar-refractivity contribution in [3.8, 4) is 0 Å². The second-order valence-electron chi connectivity index (χ2n) is 33.3. The van der Waals surface area contributed by atoms with Crippen LogP contribution in [-0.4, -0.2) is 205 Å². The number of Topliss-reactive ketones (excluding diaryl/α,β-unsaturated/α-hetero) is 1. The zero-order valence-electron chi connectivity index (χ0n) is 67.3. The minimum absolute atomic E-state index is 0.00150. The number of unbranched alkanes of at least 4 members (excludes halogenated alkanes) is 1. The summed E-state index contributed by atoms with van der Waals surface area (Å²) < 4.78 is 5.41. The number of hydrogen-bond acceptors (Lipinski definition) is 17. The molecule has 21 nitrogen and oxygen atoms in total. The number of rotatable bonds is 14. The molecule has 21 heteroatoms. The zero-order chi connectivity index (χ0) is 76.3. The lowest BCUT2D eigenvalue weighted by Crippen LogP contribution is -2.62. The van der Waals surface area contributed by atoms with Crippen LogP contribution in [0.15, 0.2) is 30.3 Å². The van der Waals surface area contributed by atoms with Crippen molar-refractivity contribution in [3.63, 3.8) is 0 Å². The summed E-state index contributed by atoms with van der Waals surface area (Å²) in [5, 5.41) is 60.4. The SMILES string of the molecule is CCC1(C)CC(=O)CC(C)C(C)(CC)N1O.CCC1(C)CC(=O)N(C(=O)OC(C)(C)C)C(C)C(C)(CC)N1O.CCC1(C)CC(=O)N(C)C(C)C(C)(CC)N1O.CCC1(C)CC(=O)N(Cc2ccccc2)C(C)C(C)(CC)N1O.CCCCN1C(=O)C(C)(CC)N(O)C(C)(C)CC1C. The summed E-state index contributed by atoms with van der Waals surface area (Å²) in [6.45, 7) is 58.6. The molecule has 568 valence electrons. The molecule has 0 radical (unpaired) electrons. The van der Waals surface area contributed by atoms with Gasteiger partial charge in [-0.05, 0) is 207 Å². The van der Waals surface area contributed by atoms with E-state index in [1.54, 1.807) is 32.6 Å². The average Bonchev–Trinajstić information content (AvgIpc) is 1.60. The monoisotopic (exact) mass is 1390 g/mol. The Balaban J connectivity index is 0.000000420. The van der Waals surface area contributed by atoms with Gasteiger partial charge in [0.2, 0.25) is 23.6 Å². The van der Waals surface area contributed by atoms with Gasteiger partial charge in [-0.15, -0.1) is 0 Å². The molecule has 5 amide bonds. The van der Waals surface area contributed by atoms with Crippen molar-refractivity contribution in [1.29, 1.82) is 0 Å². The van der Waals surface area contributed by atoms with Gasteiger partial charge in [0.1, 0.15) is 16.9 Å². The molecule has 5 aliphatic rings. The molecule has 0 bridgehead atoms. The first kappa shape index (κ1) is 89.9. The second-order valence-corrected chi connectivity index (χ2v) is 33.3. The van der Waals surface area contributed by atoms with Gasteiger partial charge >= 0.3 is 6.09 Å². The maximum atomic E-state index is 12.9. The number of ether oxygens (including phenoxy) is 1. The van der Waals surface area contributed by atoms with Gasteiger partial charge < -0.3 is 45.5 Å². The van der Waals surface area contributed by atoms with Crippen LogP contribution in [-0.2, 0) is 35.3 Å². The molecular weight excluding hydrogens is 1240 g/mol. The lowest BCUT2D eigenvalue weighted by Gasteiger charge is -2.48. The Morgan fingerprint density at radius 1 is 0.500 bits per heavy atom. The predicted octanol–water partition coefficient (Wildman–Crippen LogP) is 15.7. The van der Waals surface area contributed by atoms with Gasteiger partial charge in [0.25, 0.3) is 0 Å². The molecule has 14 unspecified atom stereocenters. The van der Waals surface area contributed by atoms with E-state index in [4.69, 9.17) is 4.74 Å². The van der Waals surface area contributed by atoms with Crippen LogP contribution in [0.25, 0.3) is 0 Å². The van der Waals surface area contributed by atoms with Crippen LogP contribution in [0, 0.1) is 5.92 Å². The predicted molar refractivity (Wildman–Crippen MR) is 390 cm³/mol. The standard InChI is InChI=1S/C19H30N2O2.C17H32N2O4.C15H30N2O2.C13H26N2O2.C13H25NO2/c1-6-18(4)13-17(22)20(14-16-11-9-8-10-12-16)15(3)19(5,7-2)21(18)23;1-9-16(7)11-13(20)18(14(21)23-15(4,5)6)12(3)17(8,10-2)19(16)22;1-7-9-10-16-12(3)11-14(4,5)17(19)15(6,8-2)13(16)18;1-7-12(4)9-11(16)14(6)10(3)13(5,8-2)15(12)17;1-6-12(4)9-11(15)8-10(3)13(5,7-2)14(12)16/h8-12,15,23H,6-7,13-14H2,1-5H3;12,22H,9-11H2,1-8H3;12,19H,7-11H2,1-6H3;10,17H,7-9H2,1-6H3;10,16H,6-9H2,1-5H3. The Hall–Kier alpha value is -4.16. The minimum Gasteiger partial charge on any atom is -0.443 e. The van der Waals surface area contributed by atoms with Gasteiger partial charge in [-0.3, -0.25) is 24.0 Å². The number of carbonyl (C=O) groups excluding carboxylic acids is 6. The fourth-order valence-electron chi connectivity index (χ4n) is 15.2. The molecule has 1 aromatic carbocycles. The summed E-state index contributed by atoms with van der Waals surface area (Å²) in [5.41, 5.74) is -4.79. The molecule has 5 saturated heterocycles. The van der Waals surface area contributed by atoms with Crippen molar-refractivity contribution in [1.82, 2.24) is 44.9 Å². The first-order chi connectivity index (χ1) is 44.8. The van der Waals surface area contributed by atoms with Crippen LogP contribution in [0.4, 0.5) is 4.79 Å². The van der Waals surface area contributed by atoms with Crippen LogP contribution in [0.2, 0.25) is 0 Å². The van der Waals surface area contributed by atoms with Crippen molar-refractivity contribution in [2.75, 3.05) is 13.6 Å². The summed E-state index contributed by atoms with van der Waals surface area (Å²) in [5.74, 6) is 0.438. The topological polar surface area (TPSA) is 242 Å². The van der Waals surface area contributed by atoms with Crippen molar-refractivity contribution < 1.29 is 59.5 Å². The quantitative estimate of drug-likeness (QED) is 0.116. The van der Waals surface area contributed by atoms with E-state index >= 15 is 0 Å². The summed E-state index contributed by atoms with van der Waals surface area (Å²) in [6, 6.07) is 9.65. The molecule has 14 atom stereocenters. The van der Waals surface area contributed by atoms with Gasteiger partial charge in [0.05, 0.1) is 44.8 Å². The normalized spacial score (nSPS) is 35.8. The molecule has 98 heavy (non-hydrogen) atoms. The molecule has 5 heterocycles. The Bertz CT molecular complexity index is 2770. The fourth-order valence-corrected chi connectivity index (χ4v) is 15.2. The molecule has 1 aromatic rings. The molecule has 6 rings (SSSR count). The van der Waals surface area contributed by atoms with Crippen LogP contribution < -0.4 is 0 Å². The number of benzene rings is 1. The Labute approximate surface area is 594 Å². The zero-order valence-corrected chi connectivity index (χ0v) is 67.3. The van der Waals surface area contributed by atoms with Gasteiger partial charge in [-0.25, -0.2) is 9.69 Å². The van der Waals surface area contributed by atoms with E-state index in [-0.39, 0.29) is 71.0 Å². The molecule has 0 saturated carbocycles. The van der Waals surface area contributed by atoms with E-state index in [1.165, 1.54) is 30.2 Å². The van der Waals surface area contributed by atoms with E-state index in [0.29, 0.717) is 51.5 Å². The molecule has 5 aliphatic heterocycles. The number of hydrogen-bond donors (Lipinski definition) is 5. The highest BCUT2D eigenvalue weighted by molar-refractivity contribution is 5.93. The summed E-state index contributed by atoms with van der Waals surface area (Å²) in [6.07, 6.45) is 10.6. The molecule has 0 aliphatic carbocycles. The molecule has 0 aromatic heterocycles. The number of amides is 5. The second kappa shape index (κ2) is 34.9. The highest BCUT2D eigenvalue weighted by Gasteiger charge is 2.57. The number of nitrogens with zero attached hydrogens (tertiary/aromatic N) is 9. The van der Waals surface area contributed by atoms with Crippen molar-refractivity contribution in [3.05, 3.63) is 35.9 Å². The maximum Gasteiger partial charge on any atom is 0.417 e. The number of ketones is 1. The average molecular weight is 1390 g/mol. The molecule has 5 N–H and O–H groups in total. The smallest absolute Gasteiger partial charge is 0.417 e. The lowest BCUT2D eigenvalue weighted by atomic mass is 9.81. The van der Waals surface area contributed by atoms with Gasteiger partial charge in [-0.2, -0.15) is 25.3 Å². The lowest BCUT2D eigenvalue weighted by molar-refractivity contribution is -0.243. The third kappa shape index (κ3) is 19.2. The van der Waals surface area contributed by atoms with E-state index in [1.807, 2.05) is 158 Å². The van der Waals surface area contributed by atoms with E-state index < -0.39 is 62.0 Å². The number of hydroxylamine groups is 10. The first-order valence-corrected chi connectivity index (χ1v) is 37.3. The van der Waals surface area contributed by atoms with Crippen LogP contribution in [0.5, 0.6) is 0 Å². The minimum atomic E-state index is -0.817. The van der Waals surface area contributed by atoms with E-state index in [2.05, 4.69) is 62.3 Å². The number of carbonyl (C=O) groups is 6. The fraction of sp³-hybridized carbons (Fsp3) is 0.844. The van der Waals surface area contributed by atoms with Crippen LogP contribution in [0.3, 0.4) is 0 Å². The molecular formula is C77H143N9O12. The molecule has 0 spiro atoms. The van der Waals surface area contributed by atoms with Gasteiger partial charge in [0.15, 0.2) is 0 Å². The summed E-state index contributed by atoms with van der Waals surface area (Å²) >= 11 is 0.